The van der Waals surface area contributed by atoms with Crippen molar-refractivity contribution in [3.05, 3.63) is 81.3 Å². The number of H-pyrrole nitrogens is 1. The van der Waals surface area contributed by atoms with Gasteiger partial charge in [0.25, 0.3) is 0 Å². The summed E-state index contributed by atoms with van der Waals surface area (Å²) in [4.78, 5) is 0. The Kier molecular flexibility index (Phi) is 6.20. The van der Waals surface area contributed by atoms with E-state index in [1.807, 2.05) is 44.2 Å². The first kappa shape index (κ1) is 21.9. The van der Waals surface area contributed by atoms with E-state index in [4.69, 9.17) is 23.8 Å². The summed E-state index contributed by atoms with van der Waals surface area (Å²) in [5.41, 5.74) is 4.58. The summed E-state index contributed by atoms with van der Waals surface area (Å²) in [7, 11) is 0. The molecule has 4 aromatic rings. The third-order valence-corrected chi connectivity index (χ3v) is 5.37. The second-order valence-electron chi connectivity index (χ2n) is 6.95. The molecule has 0 amide bonds. The van der Waals surface area contributed by atoms with E-state index in [2.05, 4.69) is 24.6 Å². The Labute approximate surface area is 192 Å². The number of hydrogen-bond donors (Lipinski definition) is 1. The van der Waals surface area contributed by atoms with Gasteiger partial charge in [0.15, 0.2) is 5.82 Å². The molecule has 0 radical (unpaired) electrons. The molecule has 2 aromatic heterocycles. The summed E-state index contributed by atoms with van der Waals surface area (Å²) < 4.78 is 33.0. The molecular weight excluding hydrogens is 456 g/mol. The molecule has 0 saturated carbocycles. The van der Waals surface area contributed by atoms with Crippen molar-refractivity contribution in [2.45, 2.75) is 20.5 Å². The minimum atomic E-state index is -2.88. The molecule has 0 saturated heterocycles. The molecular formula is C22H18ClF2N5OS. The van der Waals surface area contributed by atoms with Crippen LogP contribution in [0.3, 0.4) is 0 Å². The summed E-state index contributed by atoms with van der Waals surface area (Å²) in [6.45, 7) is 1.13. The lowest BCUT2D eigenvalue weighted by molar-refractivity contribution is -0.0498. The summed E-state index contributed by atoms with van der Waals surface area (Å²) in [5.74, 6) is 0.504. The average Bonchev–Trinajstić information content (AvgIpc) is 3.26. The molecule has 10 heteroatoms. The van der Waals surface area contributed by atoms with Crippen molar-refractivity contribution < 1.29 is 13.5 Å². The van der Waals surface area contributed by atoms with E-state index in [1.165, 1.54) is 16.8 Å². The van der Waals surface area contributed by atoms with Gasteiger partial charge in [0, 0.05) is 33.2 Å². The lowest BCUT2D eigenvalue weighted by Gasteiger charge is -2.09. The molecule has 4 rings (SSSR count). The van der Waals surface area contributed by atoms with Crippen LogP contribution >= 0.6 is 23.8 Å². The van der Waals surface area contributed by atoms with Gasteiger partial charge in [0.1, 0.15) is 5.75 Å². The van der Waals surface area contributed by atoms with E-state index < -0.39 is 6.61 Å². The maximum Gasteiger partial charge on any atom is 0.387 e. The highest BCUT2D eigenvalue weighted by molar-refractivity contribution is 7.71. The topological polar surface area (TPSA) is 60.1 Å². The number of benzene rings is 2. The molecule has 0 bridgehead atoms. The van der Waals surface area contributed by atoms with Crippen molar-refractivity contribution in [2.75, 3.05) is 0 Å². The van der Waals surface area contributed by atoms with Crippen LogP contribution in [0.25, 0.3) is 17.1 Å². The van der Waals surface area contributed by atoms with E-state index in [-0.39, 0.29) is 5.75 Å². The Bertz CT molecular complexity index is 1320. The zero-order valence-electron chi connectivity index (χ0n) is 17.1. The van der Waals surface area contributed by atoms with Crippen LogP contribution in [0, 0.1) is 18.6 Å². The van der Waals surface area contributed by atoms with Gasteiger partial charge in [-0.3, -0.25) is 0 Å². The number of nitrogens with one attached hydrogen (secondary N) is 1. The zero-order valence-corrected chi connectivity index (χ0v) is 18.7. The fourth-order valence-corrected chi connectivity index (χ4v) is 3.70. The fraction of sp³-hybridized carbons (Fsp3) is 0.136. The van der Waals surface area contributed by atoms with Crippen LogP contribution < -0.4 is 4.74 Å². The molecule has 6 nitrogen and oxygen atoms in total. The maximum atomic E-state index is 12.4. The van der Waals surface area contributed by atoms with Gasteiger partial charge < -0.3 is 9.30 Å². The minimum absolute atomic E-state index is 0.0579. The molecule has 0 spiro atoms. The SMILES string of the molecule is Cc1cc(C=Nn2c(-c3ccc(OC(F)F)cc3)n[nH]c2=S)c(C)n1-c1ccc(Cl)cc1. The Balaban J connectivity index is 1.65. The second kappa shape index (κ2) is 9.05. The van der Waals surface area contributed by atoms with Crippen molar-refractivity contribution in [1.82, 2.24) is 19.4 Å². The quantitative estimate of drug-likeness (QED) is 0.270. The van der Waals surface area contributed by atoms with Gasteiger partial charge in [-0.2, -0.15) is 23.7 Å². The lowest BCUT2D eigenvalue weighted by atomic mass is 10.2. The molecule has 1 N–H and O–H groups in total. The number of halogens is 3. The first-order chi connectivity index (χ1) is 15.3. The van der Waals surface area contributed by atoms with Gasteiger partial charge in [0.05, 0.1) is 6.21 Å². The highest BCUT2D eigenvalue weighted by Gasteiger charge is 2.12. The van der Waals surface area contributed by atoms with Crippen LogP contribution in [-0.4, -0.2) is 32.3 Å². The predicted molar refractivity (Wildman–Crippen MR) is 123 cm³/mol. The second-order valence-corrected chi connectivity index (χ2v) is 7.77. The molecule has 2 heterocycles. The summed E-state index contributed by atoms with van der Waals surface area (Å²) in [5, 5.41) is 12.1. The summed E-state index contributed by atoms with van der Waals surface area (Å²) in [6.07, 6.45) is 1.71. The van der Waals surface area contributed by atoms with Gasteiger partial charge in [-0.1, -0.05) is 11.6 Å². The zero-order chi connectivity index (χ0) is 22.8. The Morgan fingerprint density at radius 3 is 2.47 bits per heavy atom. The van der Waals surface area contributed by atoms with Crippen LogP contribution in [0.2, 0.25) is 5.02 Å². The van der Waals surface area contributed by atoms with E-state index in [1.54, 1.807) is 18.3 Å². The van der Waals surface area contributed by atoms with Crippen LogP contribution in [0.15, 0.2) is 59.7 Å². The van der Waals surface area contributed by atoms with Crippen LogP contribution in [0.5, 0.6) is 5.75 Å². The number of aryl methyl sites for hydroxylation is 1. The van der Waals surface area contributed by atoms with Crippen molar-refractivity contribution in [3.63, 3.8) is 0 Å². The van der Waals surface area contributed by atoms with Gasteiger partial charge >= 0.3 is 6.61 Å². The van der Waals surface area contributed by atoms with E-state index in [9.17, 15) is 8.78 Å². The molecule has 0 unspecified atom stereocenters. The molecule has 164 valence electrons. The number of aromatic nitrogens is 4. The molecule has 0 aliphatic carbocycles. The smallest absolute Gasteiger partial charge is 0.387 e. The number of alkyl halides is 2. The van der Waals surface area contributed by atoms with Crippen molar-refractivity contribution in [1.29, 1.82) is 0 Å². The Hall–Kier alpha value is -3.30. The highest BCUT2D eigenvalue weighted by atomic mass is 35.5. The number of nitrogens with zero attached hydrogens (tertiary/aromatic N) is 4. The normalized spacial score (nSPS) is 11.6. The van der Waals surface area contributed by atoms with E-state index >= 15 is 0 Å². The first-order valence-electron chi connectivity index (χ1n) is 9.55. The highest BCUT2D eigenvalue weighted by Crippen LogP contribution is 2.24. The van der Waals surface area contributed by atoms with E-state index in [0.717, 1.165) is 22.6 Å². The molecule has 0 aliphatic rings. The molecule has 0 aliphatic heterocycles. The largest absolute Gasteiger partial charge is 0.435 e. The Morgan fingerprint density at radius 1 is 1.12 bits per heavy atom. The van der Waals surface area contributed by atoms with Crippen LogP contribution in [0.4, 0.5) is 8.78 Å². The molecule has 0 atom stereocenters. The van der Waals surface area contributed by atoms with Crippen LogP contribution in [0.1, 0.15) is 17.0 Å². The third kappa shape index (κ3) is 4.49. The van der Waals surface area contributed by atoms with Gasteiger partial charge in [-0.05, 0) is 80.7 Å². The van der Waals surface area contributed by atoms with Crippen molar-refractivity contribution >= 4 is 30.0 Å². The standard InChI is InChI=1S/C22H18ClF2N5OS/c1-13-11-16(14(2)29(13)18-7-5-17(23)6-8-18)12-26-30-20(27-28-22(30)32)15-3-9-19(10-4-15)31-21(24)25/h3-12,21H,1-2H3,(H,28,32). The Morgan fingerprint density at radius 2 is 1.81 bits per heavy atom. The fourth-order valence-electron chi connectivity index (χ4n) is 3.40. The number of aromatic amines is 1. The van der Waals surface area contributed by atoms with Gasteiger partial charge in [0.2, 0.25) is 4.77 Å². The van der Waals surface area contributed by atoms with Gasteiger partial charge in [-0.25, -0.2) is 5.10 Å². The predicted octanol–water partition coefficient (Wildman–Crippen LogP) is 6.15. The maximum absolute atomic E-state index is 12.4. The first-order valence-corrected chi connectivity index (χ1v) is 10.3. The molecule has 0 fully saturated rings. The third-order valence-electron chi connectivity index (χ3n) is 4.86. The monoisotopic (exact) mass is 473 g/mol. The average molecular weight is 474 g/mol. The summed E-state index contributed by atoms with van der Waals surface area (Å²) in [6, 6.07) is 15.7. The van der Waals surface area contributed by atoms with Crippen LogP contribution in [-0.2, 0) is 0 Å². The van der Waals surface area contributed by atoms with E-state index in [0.29, 0.717) is 21.2 Å². The summed E-state index contributed by atoms with van der Waals surface area (Å²) >= 11 is 11.3. The van der Waals surface area contributed by atoms with Crippen molar-refractivity contribution in [2.24, 2.45) is 5.10 Å². The number of rotatable bonds is 6. The van der Waals surface area contributed by atoms with Gasteiger partial charge in [-0.15, -0.1) is 0 Å². The lowest BCUT2D eigenvalue weighted by Crippen LogP contribution is -2.01. The number of hydrogen-bond acceptors (Lipinski definition) is 4. The van der Waals surface area contributed by atoms with Crippen molar-refractivity contribution in [3.8, 4) is 22.8 Å². The molecule has 32 heavy (non-hydrogen) atoms. The minimum Gasteiger partial charge on any atom is -0.435 e. The number of ether oxygens (including phenoxy) is 1. The molecule has 2 aromatic carbocycles.